The van der Waals surface area contributed by atoms with Crippen LogP contribution in [0.15, 0.2) is 53.1 Å². The highest BCUT2D eigenvalue weighted by Gasteiger charge is 2.57. The van der Waals surface area contributed by atoms with Gasteiger partial charge in [0.25, 0.3) is 0 Å². The Bertz CT molecular complexity index is 1210. The lowest BCUT2D eigenvalue weighted by Crippen LogP contribution is -2.50. The van der Waals surface area contributed by atoms with Crippen molar-refractivity contribution in [2.75, 3.05) is 14.2 Å². The third-order valence-electron chi connectivity index (χ3n) is 5.77. The minimum Gasteiger partial charge on any atom is -0.496 e. The lowest BCUT2D eigenvalue weighted by molar-refractivity contribution is -0.267. The zero-order valence-electron chi connectivity index (χ0n) is 20.1. The maximum absolute atomic E-state index is 14.4. The van der Waals surface area contributed by atoms with E-state index in [1.54, 1.807) is 30.3 Å². The molecular weight excluding hydrogens is 484 g/mol. The molecule has 1 atom stereocenters. The number of carbonyl (C=O) groups is 1. The van der Waals surface area contributed by atoms with Crippen molar-refractivity contribution in [3.05, 3.63) is 65.7 Å². The average molecular weight is 510 g/mol. The monoisotopic (exact) mass is 510 g/mol. The van der Waals surface area contributed by atoms with Crippen LogP contribution in [0.4, 0.5) is 22.4 Å². The van der Waals surface area contributed by atoms with E-state index >= 15 is 0 Å². The fourth-order valence-corrected chi connectivity index (χ4v) is 4.02. The Morgan fingerprint density at radius 2 is 1.81 bits per heavy atom. The van der Waals surface area contributed by atoms with E-state index < -0.39 is 47.7 Å². The zero-order chi connectivity index (χ0) is 26.7. The average Bonchev–Trinajstić information content (AvgIpc) is 3.19. The number of amides is 1. The van der Waals surface area contributed by atoms with Crippen molar-refractivity contribution in [3.8, 4) is 22.8 Å². The third kappa shape index (κ3) is 5.62. The van der Waals surface area contributed by atoms with Gasteiger partial charge >= 0.3 is 12.3 Å². The molecule has 7 nitrogen and oxygen atoms in total. The number of halogens is 4. The van der Waals surface area contributed by atoms with Gasteiger partial charge in [0.15, 0.2) is 17.1 Å². The Kier molecular flexibility index (Phi) is 7.63. The molecule has 11 heteroatoms. The van der Waals surface area contributed by atoms with Gasteiger partial charge in [-0.25, -0.2) is 9.18 Å². The molecule has 194 valence electrons. The summed E-state index contributed by atoms with van der Waals surface area (Å²) < 4.78 is 72.6. The predicted octanol–water partition coefficient (Wildman–Crippen LogP) is 5.41. The third-order valence-corrected chi connectivity index (χ3v) is 5.77. The molecule has 1 heterocycles. The number of aromatic nitrogens is 1. The van der Waals surface area contributed by atoms with E-state index in [4.69, 9.17) is 14.0 Å². The molecule has 0 saturated carbocycles. The molecule has 1 unspecified atom stereocenters. The molecule has 0 radical (unpaired) electrons. The number of hydrogen-bond acceptors (Lipinski definition) is 6. The number of nitrogens with zero attached hydrogens (tertiary/aromatic N) is 1. The molecule has 3 aromatic rings. The first kappa shape index (κ1) is 27.0. The van der Waals surface area contributed by atoms with Crippen LogP contribution in [0.5, 0.6) is 11.5 Å². The molecule has 0 aliphatic heterocycles. The van der Waals surface area contributed by atoms with Crippen molar-refractivity contribution in [2.24, 2.45) is 0 Å². The molecule has 2 aromatic carbocycles. The molecule has 1 amide bonds. The SMILES string of the molecule is CNC(=O)Oc1c(-c2ccccc2)noc1CC(O)(CC(C)(C)c1cc(F)ccc1OC)C(F)(F)F. The highest BCUT2D eigenvalue weighted by atomic mass is 19.4. The largest absolute Gasteiger partial charge is 0.496 e. The molecule has 0 aliphatic rings. The van der Waals surface area contributed by atoms with E-state index in [0.717, 1.165) is 12.1 Å². The summed E-state index contributed by atoms with van der Waals surface area (Å²) in [5.41, 5.74) is -4.24. The van der Waals surface area contributed by atoms with Gasteiger partial charge in [-0.05, 0) is 30.0 Å². The standard InChI is InChI=1S/C25H26F4N2O5/c1-23(2,17-12-16(26)10-11-18(17)34-4)14-24(33,25(27,28)29)13-19-21(35-22(32)30-3)20(31-36-19)15-8-6-5-7-9-15/h5-12,33H,13-14H2,1-4H3,(H,30,32). The first-order valence-corrected chi connectivity index (χ1v) is 10.9. The summed E-state index contributed by atoms with van der Waals surface area (Å²) in [5.74, 6) is -1.34. The lowest BCUT2D eigenvalue weighted by Gasteiger charge is -2.38. The number of rotatable bonds is 8. The summed E-state index contributed by atoms with van der Waals surface area (Å²) in [7, 11) is 2.59. The maximum atomic E-state index is 14.4. The zero-order valence-corrected chi connectivity index (χ0v) is 20.1. The van der Waals surface area contributed by atoms with Gasteiger partial charge in [0.1, 0.15) is 11.6 Å². The molecule has 1 aromatic heterocycles. The van der Waals surface area contributed by atoms with Gasteiger partial charge in [-0.15, -0.1) is 0 Å². The Hall–Kier alpha value is -3.60. The summed E-state index contributed by atoms with van der Waals surface area (Å²) in [6.07, 6.45) is -8.13. The molecule has 3 rings (SSSR count). The second kappa shape index (κ2) is 10.2. The fraction of sp³-hybridized carbons (Fsp3) is 0.360. The second-order valence-corrected chi connectivity index (χ2v) is 8.90. The molecule has 0 aliphatic carbocycles. The number of carbonyl (C=O) groups excluding carboxylic acids is 1. The number of hydrogen-bond donors (Lipinski definition) is 2. The topological polar surface area (TPSA) is 93.8 Å². The Balaban J connectivity index is 2.07. The Morgan fingerprint density at radius 1 is 1.14 bits per heavy atom. The van der Waals surface area contributed by atoms with Crippen LogP contribution >= 0.6 is 0 Å². The Labute approximate surface area is 205 Å². The van der Waals surface area contributed by atoms with Gasteiger partial charge in [-0.2, -0.15) is 13.2 Å². The molecule has 0 saturated heterocycles. The normalized spacial score (nSPS) is 13.7. The van der Waals surface area contributed by atoms with E-state index in [2.05, 4.69) is 10.5 Å². The molecular formula is C25H26F4N2O5. The molecule has 0 bridgehead atoms. The highest BCUT2D eigenvalue weighted by molar-refractivity contribution is 5.75. The van der Waals surface area contributed by atoms with Crippen LogP contribution in [0.1, 0.15) is 31.6 Å². The van der Waals surface area contributed by atoms with Crippen LogP contribution in [-0.4, -0.2) is 42.3 Å². The molecule has 0 spiro atoms. The predicted molar refractivity (Wildman–Crippen MR) is 122 cm³/mol. The van der Waals surface area contributed by atoms with Crippen molar-refractivity contribution in [1.82, 2.24) is 10.5 Å². The van der Waals surface area contributed by atoms with Crippen LogP contribution < -0.4 is 14.8 Å². The summed E-state index contributed by atoms with van der Waals surface area (Å²) in [6.45, 7) is 2.86. The van der Waals surface area contributed by atoms with Crippen molar-refractivity contribution < 1.29 is 41.5 Å². The maximum Gasteiger partial charge on any atom is 0.417 e. The van der Waals surface area contributed by atoms with E-state index in [1.807, 2.05) is 0 Å². The highest BCUT2D eigenvalue weighted by Crippen LogP contribution is 2.46. The van der Waals surface area contributed by atoms with Gasteiger partial charge < -0.3 is 24.4 Å². The van der Waals surface area contributed by atoms with Crippen molar-refractivity contribution in [1.29, 1.82) is 0 Å². The van der Waals surface area contributed by atoms with Gasteiger partial charge in [-0.1, -0.05) is 49.3 Å². The quantitative estimate of drug-likeness (QED) is 0.394. The number of aliphatic hydroxyl groups is 1. The van der Waals surface area contributed by atoms with Crippen molar-refractivity contribution >= 4 is 6.09 Å². The minimum atomic E-state index is -5.14. The molecule has 2 N–H and O–H groups in total. The van der Waals surface area contributed by atoms with E-state index in [-0.39, 0.29) is 22.8 Å². The van der Waals surface area contributed by atoms with E-state index in [0.29, 0.717) is 5.56 Å². The van der Waals surface area contributed by atoms with Crippen LogP contribution in [0.2, 0.25) is 0 Å². The van der Waals surface area contributed by atoms with Crippen molar-refractivity contribution in [3.63, 3.8) is 0 Å². The second-order valence-electron chi connectivity index (χ2n) is 8.90. The van der Waals surface area contributed by atoms with E-state index in [1.165, 1.54) is 34.1 Å². The van der Waals surface area contributed by atoms with Gasteiger partial charge in [0, 0.05) is 18.2 Å². The van der Waals surface area contributed by atoms with Crippen LogP contribution in [-0.2, 0) is 11.8 Å². The number of benzene rings is 2. The number of methoxy groups -OCH3 is 1. The lowest BCUT2D eigenvalue weighted by atomic mass is 9.73. The number of alkyl halides is 3. The van der Waals surface area contributed by atoms with E-state index in [9.17, 15) is 27.5 Å². The number of ether oxygens (including phenoxy) is 2. The molecule has 0 fully saturated rings. The number of nitrogens with one attached hydrogen (secondary N) is 1. The summed E-state index contributed by atoms with van der Waals surface area (Å²) in [5, 5.41) is 17.0. The van der Waals surface area contributed by atoms with Gasteiger partial charge in [-0.3, -0.25) is 0 Å². The van der Waals surface area contributed by atoms with Crippen molar-refractivity contribution in [2.45, 2.75) is 43.9 Å². The Morgan fingerprint density at radius 3 is 2.39 bits per heavy atom. The summed E-state index contributed by atoms with van der Waals surface area (Å²) in [4.78, 5) is 12.0. The fourth-order valence-electron chi connectivity index (χ4n) is 4.02. The summed E-state index contributed by atoms with van der Waals surface area (Å²) in [6, 6.07) is 11.7. The first-order chi connectivity index (χ1) is 16.8. The smallest absolute Gasteiger partial charge is 0.417 e. The van der Waals surface area contributed by atoms with Gasteiger partial charge in [0.2, 0.25) is 5.75 Å². The minimum absolute atomic E-state index is 0.00946. The first-order valence-electron chi connectivity index (χ1n) is 10.9. The molecule has 36 heavy (non-hydrogen) atoms. The summed E-state index contributed by atoms with van der Waals surface area (Å²) >= 11 is 0. The van der Waals surface area contributed by atoms with Crippen LogP contribution in [0, 0.1) is 5.82 Å². The van der Waals surface area contributed by atoms with Crippen LogP contribution in [0.25, 0.3) is 11.3 Å². The van der Waals surface area contributed by atoms with Gasteiger partial charge in [0.05, 0.1) is 13.5 Å². The van der Waals surface area contributed by atoms with Crippen LogP contribution in [0.3, 0.4) is 0 Å².